The standard InChI is InChI=1S/C15H20N10O8S2/c1-15(2,13(28)29)33-22-9(6-5-34-14(17)18-6)11(26)19-10-7(25(12(10)27)35(30,31)32)4-24-21-8(3-16)20-23-24/h5,7,10H,3-4,16H2,1-2H3,(H2,17,18)(H,19,26)(H,28,29)(H,30,31,32)/b22-9-. The summed E-state index contributed by atoms with van der Waals surface area (Å²) in [6.45, 7) is 1.91. The van der Waals surface area contributed by atoms with Crippen molar-refractivity contribution < 1.29 is 37.3 Å². The maximum atomic E-state index is 13.0. The number of thiazole rings is 1. The number of carbonyl (C=O) groups is 3. The Balaban J connectivity index is 1.89. The van der Waals surface area contributed by atoms with Gasteiger partial charge in [-0.1, -0.05) is 5.16 Å². The van der Waals surface area contributed by atoms with Crippen LogP contribution in [0.2, 0.25) is 0 Å². The molecule has 7 N–H and O–H groups in total. The molecule has 18 nitrogen and oxygen atoms in total. The van der Waals surface area contributed by atoms with Gasteiger partial charge in [0, 0.05) is 5.38 Å². The van der Waals surface area contributed by atoms with Crippen LogP contribution < -0.4 is 16.8 Å². The molecule has 1 aliphatic rings. The molecule has 1 fully saturated rings. The Morgan fingerprint density at radius 3 is 2.60 bits per heavy atom. The van der Waals surface area contributed by atoms with Crippen molar-refractivity contribution in [2.75, 3.05) is 5.73 Å². The SMILES string of the molecule is CC(C)(O/N=C(\C(=O)NC1C(=O)N(S(=O)(=O)O)C1Cn1nnc(CN)n1)c1csc(N)n1)C(=O)O. The van der Waals surface area contributed by atoms with Gasteiger partial charge in [-0.3, -0.25) is 14.1 Å². The third-order valence-corrected chi connectivity index (χ3v) is 6.21. The molecular weight excluding hydrogens is 512 g/mol. The first kappa shape index (κ1) is 25.9. The number of tetrazole rings is 1. The summed E-state index contributed by atoms with van der Waals surface area (Å²) < 4.78 is 33.0. The summed E-state index contributed by atoms with van der Waals surface area (Å²) in [5.41, 5.74) is 8.55. The van der Waals surface area contributed by atoms with Crippen LogP contribution in [-0.4, -0.2) is 88.8 Å². The van der Waals surface area contributed by atoms with Crippen LogP contribution in [0.4, 0.5) is 5.13 Å². The number of amides is 2. The number of nitrogens with one attached hydrogen (secondary N) is 1. The maximum absolute atomic E-state index is 13.0. The molecule has 2 aromatic rings. The second-order valence-electron chi connectivity index (χ2n) is 7.51. The number of rotatable bonds is 10. The molecule has 2 atom stereocenters. The van der Waals surface area contributed by atoms with Crippen LogP contribution in [-0.2, 0) is 42.6 Å². The fraction of sp³-hybridized carbons (Fsp3) is 0.467. The third kappa shape index (κ3) is 5.50. The monoisotopic (exact) mass is 532 g/mol. The average molecular weight is 533 g/mol. The molecule has 1 saturated heterocycles. The zero-order valence-corrected chi connectivity index (χ0v) is 19.7. The zero-order valence-electron chi connectivity index (χ0n) is 18.1. The summed E-state index contributed by atoms with van der Waals surface area (Å²) in [4.78, 5) is 46.6. The summed E-state index contributed by atoms with van der Waals surface area (Å²) in [6, 6.07) is -2.83. The van der Waals surface area contributed by atoms with Gasteiger partial charge in [-0.05, 0) is 19.1 Å². The van der Waals surface area contributed by atoms with Crippen molar-refractivity contribution in [2.45, 2.75) is 44.6 Å². The minimum absolute atomic E-state index is 0.0566. The highest BCUT2D eigenvalue weighted by Crippen LogP contribution is 2.25. The van der Waals surface area contributed by atoms with E-state index in [0.717, 1.165) is 16.1 Å². The van der Waals surface area contributed by atoms with E-state index in [9.17, 15) is 32.5 Å². The van der Waals surface area contributed by atoms with Crippen molar-refractivity contribution in [3.63, 3.8) is 0 Å². The summed E-state index contributed by atoms with van der Waals surface area (Å²) >= 11 is 0.949. The van der Waals surface area contributed by atoms with Crippen molar-refractivity contribution in [3.05, 3.63) is 16.9 Å². The Hall–Kier alpha value is -3.75. The Kier molecular flexibility index (Phi) is 7.01. The number of nitrogen functional groups attached to an aromatic ring is 1. The summed E-state index contributed by atoms with van der Waals surface area (Å²) in [7, 11) is -4.99. The van der Waals surface area contributed by atoms with E-state index in [2.05, 4.69) is 30.9 Å². The van der Waals surface area contributed by atoms with Crippen LogP contribution in [0.15, 0.2) is 10.5 Å². The largest absolute Gasteiger partial charge is 0.478 e. The number of carboxylic acid groups (broad SMARTS) is 1. The fourth-order valence-electron chi connectivity index (χ4n) is 2.75. The normalized spacial score (nSPS) is 18.8. The highest BCUT2D eigenvalue weighted by Gasteiger charge is 2.54. The predicted molar refractivity (Wildman–Crippen MR) is 116 cm³/mol. The number of carboxylic acids is 1. The van der Waals surface area contributed by atoms with E-state index in [-0.39, 0.29) is 34.0 Å². The predicted octanol–water partition coefficient (Wildman–Crippen LogP) is -3.05. The van der Waals surface area contributed by atoms with E-state index in [1.165, 1.54) is 19.2 Å². The number of aromatic nitrogens is 5. The molecule has 3 heterocycles. The maximum Gasteiger partial charge on any atom is 0.362 e. The van der Waals surface area contributed by atoms with Crippen LogP contribution in [0.5, 0.6) is 0 Å². The Bertz CT molecular complexity index is 1290. The molecule has 2 unspecified atom stereocenters. The number of β-lactam (4-membered cyclic amide) rings is 1. The summed E-state index contributed by atoms with van der Waals surface area (Å²) in [5, 5.41) is 27.6. The molecule has 0 bridgehead atoms. The third-order valence-electron chi connectivity index (χ3n) is 4.59. The number of hydrogen-bond acceptors (Lipinski definition) is 14. The molecule has 2 amide bonds. The molecular formula is C15H20N10O8S2. The van der Waals surface area contributed by atoms with Crippen LogP contribution >= 0.6 is 11.3 Å². The quantitative estimate of drug-likeness (QED) is 0.0880. The lowest BCUT2D eigenvalue weighted by Crippen LogP contribution is -2.73. The summed E-state index contributed by atoms with van der Waals surface area (Å²) in [6.07, 6.45) is 0. The highest BCUT2D eigenvalue weighted by molar-refractivity contribution is 7.84. The van der Waals surface area contributed by atoms with Gasteiger partial charge in [0.2, 0.25) is 5.60 Å². The minimum atomic E-state index is -4.99. The van der Waals surface area contributed by atoms with E-state index in [4.69, 9.17) is 16.3 Å². The molecule has 1 aliphatic heterocycles. The second kappa shape index (κ2) is 9.48. The van der Waals surface area contributed by atoms with Gasteiger partial charge in [0.1, 0.15) is 17.8 Å². The van der Waals surface area contributed by atoms with Gasteiger partial charge < -0.3 is 26.7 Å². The zero-order chi connectivity index (χ0) is 26.1. The summed E-state index contributed by atoms with van der Waals surface area (Å²) in [5.74, 6) is -3.48. The average Bonchev–Trinajstić information content (AvgIpc) is 3.39. The molecule has 2 aromatic heterocycles. The lowest BCUT2D eigenvalue weighted by Gasteiger charge is -2.43. The van der Waals surface area contributed by atoms with Crippen molar-refractivity contribution in [3.8, 4) is 0 Å². The fourth-order valence-corrected chi connectivity index (χ4v) is 4.17. The molecule has 0 aliphatic carbocycles. The number of aliphatic carboxylic acids is 1. The number of anilines is 1. The van der Waals surface area contributed by atoms with Crippen LogP contribution in [0.25, 0.3) is 0 Å². The van der Waals surface area contributed by atoms with E-state index in [0.29, 0.717) is 0 Å². The van der Waals surface area contributed by atoms with Gasteiger partial charge in [-0.2, -0.15) is 13.2 Å². The van der Waals surface area contributed by atoms with Crippen molar-refractivity contribution in [2.24, 2.45) is 10.9 Å². The molecule has 0 aromatic carbocycles. The Morgan fingerprint density at radius 1 is 1.40 bits per heavy atom. The topological polar surface area (TPSA) is 271 Å². The number of carbonyl (C=O) groups excluding carboxylic acids is 2. The van der Waals surface area contributed by atoms with Gasteiger partial charge in [-0.25, -0.2) is 14.1 Å². The van der Waals surface area contributed by atoms with E-state index < -0.39 is 51.5 Å². The molecule has 3 rings (SSSR count). The molecule has 35 heavy (non-hydrogen) atoms. The first-order chi connectivity index (χ1) is 16.2. The van der Waals surface area contributed by atoms with Gasteiger partial charge >= 0.3 is 16.3 Å². The Labute approximate surface area is 200 Å². The lowest BCUT2D eigenvalue weighted by atomic mass is 9.98. The molecule has 0 saturated carbocycles. The van der Waals surface area contributed by atoms with Crippen LogP contribution in [0.1, 0.15) is 25.4 Å². The van der Waals surface area contributed by atoms with Gasteiger partial charge in [0.25, 0.3) is 11.8 Å². The number of oxime groups is 1. The van der Waals surface area contributed by atoms with E-state index in [1.807, 2.05) is 0 Å². The first-order valence-electron chi connectivity index (χ1n) is 9.54. The van der Waals surface area contributed by atoms with E-state index in [1.54, 1.807) is 0 Å². The smallest absolute Gasteiger partial charge is 0.362 e. The molecule has 0 spiro atoms. The lowest BCUT2D eigenvalue weighted by molar-refractivity contribution is -0.161. The number of nitrogens with zero attached hydrogens (tertiary/aromatic N) is 7. The van der Waals surface area contributed by atoms with Crippen molar-refractivity contribution in [1.82, 2.24) is 34.8 Å². The number of hydrogen-bond donors (Lipinski definition) is 5. The van der Waals surface area contributed by atoms with Gasteiger partial charge in [0.05, 0.1) is 13.1 Å². The second-order valence-corrected chi connectivity index (χ2v) is 9.69. The van der Waals surface area contributed by atoms with Gasteiger partial charge in [-0.15, -0.1) is 21.5 Å². The molecule has 20 heteroatoms. The molecule has 0 radical (unpaired) electrons. The highest BCUT2D eigenvalue weighted by atomic mass is 32.2. The van der Waals surface area contributed by atoms with E-state index >= 15 is 0 Å². The van der Waals surface area contributed by atoms with Crippen molar-refractivity contribution in [1.29, 1.82) is 0 Å². The number of nitrogens with two attached hydrogens (primary N) is 2. The minimum Gasteiger partial charge on any atom is -0.478 e. The first-order valence-corrected chi connectivity index (χ1v) is 11.8. The molecule has 190 valence electrons. The van der Waals surface area contributed by atoms with Crippen LogP contribution in [0.3, 0.4) is 0 Å². The van der Waals surface area contributed by atoms with Crippen LogP contribution in [0, 0.1) is 0 Å². The Morgan fingerprint density at radius 2 is 2.09 bits per heavy atom. The van der Waals surface area contributed by atoms with Crippen molar-refractivity contribution >= 4 is 50.3 Å². The van der Waals surface area contributed by atoms with Gasteiger partial charge in [0.15, 0.2) is 16.7 Å².